The van der Waals surface area contributed by atoms with Gasteiger partial charge in [0.1, 0.15) is 11.9 Å². The Hall–Kier alpha value is -2.74. The molecule has 1 unspecified atom stereocenters. The van der Waals surface area contributed by atoms with Crippen molar-refractivity contribution in [3.8, 4) is 0 Å². The SMILES string of the molecule is COC(CNC(=O)C(=O)Nc1ccc(F)c(F)c1)c1ccco1. The molecule has 2 rings (SSSR count). The largest absolute Gasteiger partial charge is 0.467 e. The maximum Gasteiger partial charge on any atom is 0.313 e. The van der Waals surface area contributed by atoms with Crippen molar-refractivity contribution in [2.24, 2.45) is 0 Å². The predicted molar refractivity (Wildman–Crippen MR) is 76.5 cm³/mol. The molecular weight excluding hydrogens is 310 g/mol. The van der Waals surface area contributed by atoms with Crippen LogP contribution in [-0.4, -0.2) is 25.5 Å². The zero-order chi connectivity index (χ0) is 16.8. The van der Waals surface area contributed by atoms with Crippen LogP contribution in [0.2, 0.25) is 0 Å². The minimum Gasteiger partial charge on any atom is -0.467 e. The highest BCUT2D eigenvalue weighted by Gasteiger charge is 2.19. The van der Waals surface area contributed by atoms with E-state index in [0.717, 1.165) is 18.2 Å². The van der Waals surface area contributed by atoms with E-state index in [1.54, 1.807) is 12.1 Å². The number of hydrogen-bond donors (Lipinski definition) is 2. The summed E-state index contributed by atoms with van der Waals surface area (Å²) in [6.45, 7) is 0.00798. The molecule has 0 fully saturated rings. The van der Waals surface area contributed by atoms with Crippen molar-refractivity contribution in [2.75, 3.05) is 19.0 Å². The Morgan fingerprint density at radius 1 is 1.22 bits per heavy atom. The predicted octanol–water partition coefficient (Wildman–Crippen LogP) is 2.00. The van der Waals surface area contributed by atoms with Crippen LogP contribution in [0.4, 0.5) is 14.5 Å². The van der Waals surface area contributed by atoms with Crippen molar-refractivity contribution >= 4 is 17.5 Å². The molecular formula is C15H14F2N2O4. The Morgan fingerprint density at radius 2 is 2.00 bits per heavy atom. The molecule has 1 heterocycles. The fraction of sp³-hybridized carbons (Fsp3) is 0.200. The highest BCUT2D eigenvalue weighted by Crippen LogP contribution is 2.16. The molecule has 122 valence electrons. The molecule has 2 N–H and O–H groups in total. The van der Waals surface area contributed by atoms with Crippen LogP contribution in [0.1, 0.15) is 11.9 Å². The number of carbonyl (C=O) groups is 2. The lowest BCUT2D eigenvalue weighted by atomic mass is 10.2. The third-order valence-electron chi connectivity index (χ3n) is 2.98. The molecule has 0 spiro atoms. The van der Waals surface area contributed by atoms with Crippen LogP contribution < -0.4 is 10.6 Å². The van der Waals surface area contributed by atoms with Gasteiger partial charge in [0.05, 0.1) is 12.8 Å². The second-order valence-electron chi connectivity index (χ2n) is 4.53. The Bertz CT molecular complexity index is 689. The van der Waals surface area contributed by atoms with E-state index in [1.807, 2.05) is 0 Å². The maximum atomic E-state index is 13.0. The molecule has 1 aromatic heterocycles. The van der Waals surface area contributed by atoms with Crippen LogP contribution in [-0.2, 0) is 14.3 Å². The number of furan rings is 1. The molecule has 8 heteroatoms. The summed E-state index contributed by atoms with van der Waals surface area (Å²) in [7, 11) is 1.43. The number of ether oxygens (including phenoxy) is 1. The first-order valence-electron chi connectivity index (χ1n) is 6.61. The highest BCUT2D eigenvalue weighted by molar-refractivity contribution is 6.39. The quantitative estimate of drug-likeness (QED) is 0.825. The van der Waals surface area contributed by atoms with Gasteiger partial charge in [-0.15, -0.1) is 0 Å². The highest BCUT2D eigenvalue weighted by atomic mass is 19.2. The van der Waals surface area contributed by atoms with E-state index in [4.69, 9.17) is 9.15 Å². The van der Waals surface area contributed by atoms with E-state index in [2.05, 4.69) is 10.6 Å². The minimum absolute atomic E-state index is 0.00798. The number of halogens is 2. The summed E-state index contributed by atoms with van der Waals surface area (Å²) in [6.07, 6.45) is 0.906. The van der Waals surface area contributed by atoms with Crippen LogP contribution in [0.5, 0.6) is 0 Å². The Labute approximate surface area is 130 Å². The topological polar surface area (TPSA) is 80.6 Å². The molecule has 0 aliphatic carbocycles. The lowest BCUT2D eigenvalue weighted by Gasteiger charge is -2.13. The summed E-state index contributed by atoms with van der Waals surface area (Å²) < 4.78 is 36.1. The summed E-state index contributed by atoms with van der Waals surface area (Å²) in [4.78, 5) is 23.4. The molecule has 0 aliphatic heterocycles. The molecule has 0 radical (unpaired) electrons. The number of methoxy groups -OCH3 is 1. The smallest absolute Gasteiger partial charge is 0.313 e. The van der Waals surface area contributed by atoms with Gasteiger partial charge >= 0.3 is 11.8 Å². The van der Waals surface area contributed by atoms with E-state index < -0.39 is 29.6 Å². The molecule has 0 saturated carbocycles. The van der Waals surface area contributed by atoms with Gasteiger partial charge in [0, 0.05) is 18.9 Å². The van der Waals surface area contributed by atoms with Crippen LogP contribution in [0.25, 0.3) is 0 Å². The summed E-state index contributed by atoms with van der Waals surface area (Å²) in [5.41, 5.74) is -0.0293. The first kappa shape index (κ1) is 16.6. The van der Waals surface area contributed by atoms with E-state index in [-0.39, 0.29) is 12.2 Å². The number of hydrogen-bond acceptors (Lipinski definition) is 4. The average Bonchev–Trinajstić information content (AvgIpc) is 3.05. The molecule has 0 aliphatic rings. The van der Waals surface area contributed by atoms with Crippen molar-refractivity contribution in [3.05, 3.63) is 54.0 Å². The molecule has 23 heavy (non-hydrogen) atoms. The number of anilines is 1. The van der Waals surface area contributed by atoms with Gasteiger partial charge in [0.25, 0.3) is 0 Å². The van der Waals surface area contributed by atoms with Crippen molar-refractivity contribution < 1.29 is 27.5 Å². The number of benzene rings is 1. The van der Waals surface area contributed by atoms with Gasteiger partial charge in [0.15, 0.2) is 11.6 Å². The van der Waals surface area contributed by atoms with E-state index in [1.165, 1.54) is 13.4 Å². The fourth-order valence-corrected chi connectivity index (χ4v) is 1.80. The summed E-state index contributed by atoms with van der Waals surface area (Å²) >= 11 is 0. The number of rotatable bonds is 5. The summed E-state index contributed by atoms with van der Waals surface area (Å²) in [5, 5.41) is 4.53. The van der Waals surface area contributed by atoms with E-state index in [0.29, 0.717) is 5.76 Å². The van der Waals surface area contributed by atoms with Gasteiger partial charge in [-0.3, -0.25) is 9.59 Å². The zero-order valence-electron chi connectivity index (χ0n) is 12.1. The van der Waals surface area contributed by atoms with E-state index >= 15 is 0 Å². The third kappa shape index (κ3) is 4.36. The van der Waals surface area contributed by atoms with Crippen LogP contribution in [0.15, 0.2) is 41.0 Å². The number of carbonyl (C=O) groups excluding carboxylic acids is 2. The van der Waals surface area contributed by atoms with Gasteiger partial charge in [0.2, 0.25) is 0 Å². The first-order valence-corrected chi connectivity index (χ1v) is 6.61. The number of amides is 2. The van der Waals surface area contributed by atoms with Crippen LogP contribution >= 0.6 is 0 Å². The molecule has 0 saturated heterocycles. The Balaban J connectivity index is 1.89. The first-order chi connectivity index (χ1) is 11.0. The third-order valence-corrected chi connectivity index (χ3v) is 2.98. The molecule has 6 nitrogen and oxygen atoms in total. The van der Waals surface area contributed by atoms with Gasteiger partial charge in [-0.25, -0.2) is 8.78 Å². The fourth-order valence-electron chi connectivity index (χ4n) is 1.80. The van der Waals surface area contributed by atoms with Crippen molar-refractivity contribution in [1.82, 2.24) is 5.32 Å². The summed E-state index contributed by atoms with van der Waals surface area (Å²) in [6, 6.07) is 6.10. The van der Waals surface area contributed by atoms with Crippen molar-refractivity contribution in [3.63, 3.8) is 0 Å². The second kappa shape index (κ2) is 7.50. The van der Waals surface area contributed by atoms with Crippen molar-refractivity contribution in [1.29, 1.82) is 0 Å². The lowest BCUT2D eigenvalue weighted by Crippen LogP contribution is -2.37. The van der Waals surface area contributed by atoms with Crippen LogP contribution in [0, 0.1) is 11.6 Å². The molecule has 1 atom stereocenters. The van der Waals surface area contributed by atoms with Gasteiger partial charge in [-0.2, -0.15) is 0 Å². The van der Waals surface area contributed by atoms with Gasteiger partial charge in [-0.1, -0.05) is 0 Å². The monoisotopic (exact) mass is 324 g/mol. The minimum atomic E-state index is -1.12. The van der Waals surface area contributed by atoms with E-state index in [9.17, 15) is 18.4 Å². The molecule has 2 aromatic rings. The molecule has 0 bridgehead atoms. The van der Waals surface area contributed by atoms with Crippen molar-refractivity contribution in [2.45, 2.75) is 6.10 Å². The molecule has 1 aromatic carbocycles. The maximum absolute atomic E-state index is 13.0. The standard InChI is InChI=1S/C15H14F2N2O4/c1-22-13(12-3-2-6-23-12)8-18-14(20)15(21)19-9-4-5-10(16)11(17)7-9/h2-7,13H,8H2,1H3,(H,18,20)(H,19,21). The zero-order valence-corrected chi connectivity index (χ0v) is 12.1. The lowest BCUT2D eigenvalue weighted by molar-refractivity contribution is -0.136. The normalized spacial score (nSPS) is 11.8. The Kier molecular flexibility index (Phi) is 5.42. The second-order valence-corrected chi connectivity index (χ2v) is 4.53. The number of nitrogens with one attached hydrogen (secondary N) is 2. The van der Waals surface area contributed by atoms with Gasteiger partial charge < -0.3 is 19.8 Å². The van der Waals surface area contributed by atoms with Crippen LogP contribution in [0.3, 0.4) is 0 Å². The summed E-state index contributed by atoms with van der Waals surface area (Å²) in [5.74, 6) is -3.63. The average molecular weight is 324 g/mol. The molecule has 2 amide bonds. The van der Waals surface area contributed by atoms with Gasteiger partial charge in [-0.05, 0) is 24.3 Å². The Morgan fingerprint density at radius 3 is 2.61 bits per heavy atom.